The molecule has 1 heterocycles. The lowest BCUT2D eigenvalue weighted by Crippen LogP contribution is -1.94. The van der Waals surface area contributed by atoms with Crippen molar-refractivity contribution in [3.05, 3.63) is 24.0 Å². The third kappa shape index (κ3) is 2.75. The molecule has 0 fully saturated rings. The largest absolute Gasteiger partial charge is 0.353 e. The van der Waals surface area contributed by atoms with Gasteiger partial charge in [-0.05, 0) is 19.4 Å². The zero-order chi connectivity index (χ0) is 9.68. The predicted molar refractivity (Wildman–Crippen MR) is 49.3 cm³/mol. The molecule has 0 aliphatic heterocycles. The van der Waals surface area contributed by atoms with Gasteiger partial charge in [-0.3, -0.25) is 4.79 Å². The normalized spacial score (nSPS) is 9.54. The van der Waals surface area contributed by atoms with Crippen LogP contribution in [0.25, 0.3) is 0 Å². The fourth-order valence-corrected chi connectivity index (χ4v) is 1.13. The Morgan fingerprint density at radius 2 is 2.46 bits per heavy atom. The summed E-state index contributed by atoms with van der Waals surface area (Å²) in [5.74, 6) is 0.0824. The molecule has 0 unspecified atom stereocenters. The summed E-state index contributed by atoms with van der Waals surface area (Å²) in [6.45, 7) is 2.36. The highest BCUT2D eigenvalue weighted by atomic mass is 16.1. The maximum absolute atomic E-state index is 10.9. The van der Waals surface area contributed by atoms with Gasteiger partial charge < -0.3 is 4.57 Å². The first kappa shape index (κ1) is 9.53. The maximum atomic E-state index is 10.9. The van der Waals surface area contributed by atoms with Crippen LogP contribution in [0, 0.1) is 11.3 Å². The molecular weight excluding hydrogens is 164 g/mol. The maximum Gasteiger partial charge on any atom is 0.161 e. The van der Waals surface area contributed by atoms with Crippen molar-refractivity contribution >= 4 is 5.78 Å². The van der Waals surface area contributed by atoms with E-state index in [0.29, 0.717) is 6.42 Å². The van der Waals surface area contributed by atoms with Crippen molar-refractivity contribution < 1.29 is 4.79 Å². The summed E-state index contributed by atoms with van der Waals surface area (Å²) in [6, 6.07) is 3.89. The first-order chi connectivity index (χ1) is 6.24. The lowest BCUT2D eigenvalue weighted by molar-refractivity contribution is 0.101. The number of Topliss-reactive ketones (excluding diaryl/α,β-unsaturated/α-hetero) is 1. The molecule has 3 heteroatoms. The highest BCUT2D eigenvalue weighted by Crippen LogP contribution is 2.03. The van der Waals surface area contributed by atoms with E-state index in [-0.39, 0.29) is 5.78 Å². The van der Waals surface area contributed by atoms with Gasteiger partial charge in [-0.25, -0.2) is 0 Å². The number of aryl methyl sites for hydroxylation is 1. The number of aromatic nitrogens is 1. The topological polar surface area (TPSA) is 45.8 Å². The Labute approximate surface area is 77.6 Å². The Morgan fingerprint density at radius 3 is 3.00 bits per heavy atom. The third-order valence-corrected chi connectivity index (χ3v) is 1.86. The SMILES string of the molecule is CC(=O)c1ccn(CCCC#N)c1. The smallest absolute Gasteiger partial charge is 0.161 e. The van der Waals surface area contributed by atoms with Crippen LogP contribution in [0.3, 0.4) is 0 Å². The highest BCUT2D eigenvalue weighted by molar-refractivity contribution is 5.93. The van der Waals surface area contributed by atoms with Crippen LogP contribution >= 0.6 is 0 Å². The molecule has 0 aromatic carbocycles. The van der Waals surface area contributed by atoms with Gasteiger partial charge in [-0.1, -0.05) is 0 Å². The van der Waals surface area contributed by atoms with Crippen molar-refractivity contribution in [3.8, 4) is 6.07 Å². The van der Waals surface area contributed by atoms with E-state index in [1.807, 2.05) is 17.0 Å². The lowest BCUT2D eigenvalue weighted by Gasteiger charge is -1.97. The number of ketones is 1. The molecule has 0 bridgehead atoms. The molecule has 0 radical (unpaired) electrons. The zero-order valence-corrected chi connectivity index (χ0v) is 7.66. The average molecular weight is 176 g/mol. The first-order valence-electron chi connectivity index (χ1n) is 4.27. The quantitative estimate of drug-likeness (QED) is 0.520. The minimum Gasteiger partial charge on any atom is -0.353 e. The molecule has 0 aliphatic carbocycles. The molecule has 1 aromatic rings. The summed E-state index contributed by atoms with van der Waals surface area (Å²) in [7, 11) is 0. The van der Waals surface area contributed by atoms with Crippen LogP contribution in [0.1, 0.15) is 30.1 Å². The Kier molecular flexibility index (Phi) is 3.27. The molecule has 0 aliphatic rings. The van der Waals surface area contributed by atoms with Crippen molar-refractivity contribution in [2.75, 3.05) is 0 Å². The molecule has 13 heavy (non-hydrogen) atoms. The van der Waals surface area contributed by atoms with Crippen LogP contribution in [0.15, 0.2) is 18.5 Å². The van der Waals surface area contributed by atoms with Gasteiger partial charge in [0, 0.05) is 30.9 Å². The second kappa shape index (κ2) is 4.46. The van der Waals surface area contributed by atoms with E-state index in [9.17, 15) is 4.79 Å². The molecule has 0 N–H and O–H groups in total. The summed E-state index contributed by atoms with van der Waals surface area (Å²) in [5, 5.41) is 8.32. The van der Waals surface area contributed by atoms with Crippen LogP contribution < -0.4 is 0 Å². The Bertz CT molecular complexity index is 333. The van der Waals surface area contributed by atoms with Gasteiger partial charge in [0.2, 0.25) is 0 Å². The van der Waals surface area contributed by atoms with Crippen molar-refractivity contribution in [2.24, 2.45) is 0 Å². The van der Waals surface area contributed by atoms with E-state index in [4.69, 9.17) is 5.26 Å². The van der Waals surface area contributed by atoms with Gasteiger partial charge in [-0.2, -0.15) is 5.26 Å². The second-order valence-electron chi connectivity index (χ2n) is 2.96. The van der Waals surface area contributed by atoms with Gasteiger partial charge in [-0.15, -0.1) is 0 Å². The summed E-state index contributed by atoms with van der Waals surface area (Å²) in [4.78, 5) is 10.9. The Balaban J connectivity index is 2.50. The number of hydrogen-bond donors (Lipinski definition) is 0. The van der Waals surface area contributed by atoms with E-state index in [1.165, 1.54) is 0 Å². The standard InChI is InChI=1S/C10H12N2O/c1-9(13)10-4-7-12(8-10)6-3-2-5-11/h4,7-8H,2-3,6H2,1H3. The zero-order valence-electron chi connectivity index (χ0n) is 7.66. The van der Waals surface area contributed by atoms with Crippen molar-refractivity contribution in [3.63, 3.8) is 0 Å². The fraction of sp³-hybridized carbons (Fsp3) is 0.400. The molecule has 0 spiro atoms. The first-order valence-corrected chi connectivity index (χ1v) is 4.27. The second-order valence-corrected chi connectivity index (χ2v) is 2.96. The summed E-state index contributed by atoms with van der Waals surface area (Å²) >= 11 is 0. The molecule has 1 rings (SSSR count). The molecule has 68 valence electrons. The van der Waals surface area contributed by atoms with E-state index in [1.54, 1.807) is 13.0 Å². The molecule has 1 aromatic heterocycles. The fourth-order valence-electron chi connectivity index (χ4n) is 1.13. The minimum absolute atomic E-state index is 0.0824. The number of carbonyl (C=O) groups is 1. The Morgan fingerprint density at radius 1 is 1.69 bits per heavy atom. The summed E-state index contributed by atoms with van der Waals surface area (Å²) < 4.78 is 1.94. The van der Waals surface area contributed by atoms with Gasteiger partial charge >= 0.3 is 0 Å². The average Bonchev–Trinajstić information content (AvgIpc) is 2.53. The van der Waals surface area contributed by atoms with Crippen LogP contribution in [-0.2, 0) is 6.54 Å². The van der Waals surface area contributed by atoms with Crippen LogP contribution in [0.2, 0.25) is 0 Å². The van der Waals surface area contributed by atoms with Gasteiger partial charge in [0.05, 0.1) is 6.07 Å². The van der Waals surface area contributed by atoms with Crippen molar-refractivity contribution in [1.82, 2.24) is 4.57 Å². The summed E-state index contributed by atoms with van der Waals surface area (Å²) in [6.07, 6.45) is 5.09. The van der Waals surface area contributed by atoms with Gasteiger partial charge in [0.25, 0.3) is 0 Å². The monoisotopic (exact) mass is 176 g/mol. The molecule has 0 saturated carbocycles. The molecule has 0 amide bonds. The number of rotatable bonds is 4. The molecule has 3 nitrogen and oxygen atoms in total. The molecular formula is C10H12N2O. The molecule has 0 saturated heterocycles. The number of nitriles is 1. The summed E-state index contributed by atoms with van der Waals surface area (Å²) in [5.41, 5.74) is 0.733. The van der Waals surface area contributed by atoms with Crippen LogP contribution in [-0.4, -0.2) is 10.4 Å². The van der Waals surface area contributed by atoms with E-state index >= 15 is 0 Å². The van der Waals surface area contributed by atoms with Crippen molar-refractivity contribution in [2.45, 2.75) is 26.3 Å². The van der Waals surface area contributed by atoms with E-state index in [0.717, 1.165) is 18.5 Å². The van der Waals surface area contributed by atoms with Crippen LogP contribution in [0.4, 0.5) is 0 Å². The number of hydrogen-bond acceptors (Lipinski definition) is 2. The van der Waals surface area contributed by atoms with E-state index < -0.39 is 0 Å². The Hall–Kier alpha value is -1.56. The lowest BCUT2D eigenvalue weighted by atomic mass is 10.2. The minimum atomic E-state index is 0.0824. The highest BCUT2D eigenvalue weighted by Gasteiger charge is 2.00. The predicted octanol–water partition coefficient (Wildman–Crippen LogP) is 1.99. The number of unbranched alkanes of at least 4 members (excludes halogenated alkanes) is 1. The number of carbonyl (C=O) groups excluding carboxylic acids is 1. The number of nitrogens with zero attached hydrogens (tertiary/aromatic N) is 2. The van der Waals surface area contributed by atoms with Crippen LogP contribution in [0.5, 0.6) is 0 Å². The van der Waals surface area contributed by atoms with Gasteiger partial charge in [0.15, 0.2) is 5.78 Å². The van der Waals surface area contributed by atoms with Crippen molar-refractivity contribution in [1.29, 1.82) is 5.26 Å². The third-order valence-electron chi connectivity index (χ3n) is 1.86. The molecule has 0 atom stereocenters. The van der Waals surface area contributed by atoms with E-state index in [2.05, 4.69) is 6.07 Å². The van der Waals surface area contributed by atoms with Gasteiger partial charge in [0.1, 0.15) is 0 Å².